The van der Waals surface area contributed by atoms with Crippen molar-refractivity contribution in [1.29, 1.82) is 0 Å². The van der Waals surface area contributed by atoms with Crippen molar-refractivity contribution in [2.24, 2.45) is 0 Å². The second-order valence-corrected chi connectivity index (χ2v) is 3.62. The maximum absolute atomic E-state index is 11.5. The van der Waals surface area contributed by atoms with Gasteiger partial charge in [-0.05, 0) is 12.1 Å². The molecule has 8 heteroatoms. The molecular weight excluding hydrogens is 250 g/mol. The first-order chi connectivity index (χ1) is 9.15. The molecule has 0 fully saturated rings. The number of aromatic carboxylic acids is 1. The average molecular weight is 261 g/mol. The fraction of sp³-hybridized carbons (Fsp3) is 0.0909. The lowest BCUT2D eigenvalue weighted by atomic mass is 10.3. The van der Waals surface area contributed by atoms with Crippen LogP contribution in [0, 0.1) is 0 Å². The summed E-state index contributed by atoms with van der Waals surface area (Å²) in [5.74, 6) is -1.12. The van der Waals surface area contributed by atoms with E-state index in [0.717, 1.165) is 5.69 Å². The highest BCUT2D eigenvalue weighted by atomic mass is 16.4. The van der Waals surface area contributed by atoms with Crippen LogP contribution < -0.4 is 10.6 Å². The van der Waals surface area contributed by atoms with Gasteiger partial charge in [-0.1, -0.05) is 0 Å². The van der Waals surface area contributed by atoms with Crippen molar-refractivity contribution in [1.82, 2.24) is 20.3 Å². The molecule has 0 saturated carbocycles. The molecule has 0 saturated heterocycles. The normalized spacial score (nSPS) is 9.89. The Morgan fingerprint density at radius 3 is 2.74 bits per heavy atom. The molecule has 0 aliphatic heterocycles. The zero-order valence-corrected chi connectivity index (χ0v) is 9.75. The molecule has 4 N–H and O–H groups in total. The Labute approximate surface area is 107 Å². The lowest BCUT2D eigenvalue weighted by molar-refractivity contribution is 0.0690. The Balaban J connectivity index is 1.86. The van der Waals surface area contributed by atoms with Crippen LogP contribution in [0.2, 0.25) is 0 Å². The van der Waals surface area contributed by atoms with Gasteiger partial charge in [-0.3, -0.25) is 0 Å². The number of aromatic amines is 1. The first-order valence-corrected chi connectivity index (χ1v) is 5.36. The minimum absolute atomic E-state index is 0.0802. The van der Waals surface area contributed by atoms with Crippen LogP contribution >= 0.6 is 0 Å². The SMILES string of the molecule is O=C(NCc1cnc[nH]1)Nc1ccc(C(=O)O)nc1. The van der Waals surface area contributed by atoms with Gasteiger partial charge in [0.1, 0.15) is 5.69 Å². The first-order valence-electron chi connectivity index (χ1n) is 5.36. The van der Waals surface area contributed by atoms with Crippen molar-refractivity contribution in [3.05, 3.63) is 42.2 Å². The molecule has 8 nitrogen and oxygen atoms in total. The molecule has 2 aromatic heterocycles. The van der Waals surface area contributed by atoms with Gasteiger partial charge in [0.25, 0.3) is 0 Å². The number of H-pyrrole nitrogens is 1. The number of rotatable bonds is 4. The van der Waals surface area contributed by atoms with Crippen LogP contribution in [-0.2, 0) is 6.54 Å². The van der Waals surface area contributed by atoms with E-state index in [4.69, 9.17) is 5.11 Å². The summed E-state index contributed by atoms with van der Waals surface area (Å²) in [5, 5.41) is 13.8. The predicted molar refractivity (Wildman–Crippen MR) is 65.6 cm³/mol. The maximum atomic E-state index is 11.5. The van der Waals surface area contributed by atoms with E-state index in [-0.39, 0.29) is 5.69 Å². The molecule has 0 atom stereocenters. The highest BCUT2D eigenvalue weighted by molar-refractivity contribution is 5.90. The summed E-state index contributed by atoms with van der Waals surface area (Å²) in [6.07, 6.45) is 4.40. The Hall–Kier alpha value is -2.90. The lowest BCUT2D eigenvalue weighted by Gasteiger charge is -2.06. The smallest absolute Gasteiger partial charge is 0.354 e. The van der Waals surface area contributed by atoms with E-state index in [1.54, 1.807) is 6.20 Å². The van der Waals surface area contributed by atoms with Gasteiger partial charge in [0, 0.05) is 6.20 Å². The molecule has 0 spiro atoms. The molecule has 0 aliphatic carbocycles. The van der Waals surface area contributed by atoms with Gasteiger partial charge in [0.15, 0.2) is 0 Å². The largest absolute Gasteiger partial charge is 0.477 e. The molecule has 2 amide bonds. The van der Waals surface area contributed by atoms with E-state index in [0.29, 0.717) is 12.2 Å². The molecule has 0 unspecified atom stereocenters. The molecule has 98 valence electrons. The summed E-state index contributed by atoms with van der Waals surface area (Å²) in [6, 6.07) is 2.36. The number of amides is 2. The van der Waals surface area contributed by atoms with Crippen LogP contribution in [0.15, 0.2) is 30.9 Å². The standard InChI is InChI=1S/C11H11N5O3/c17-10(18)9-2-1-7(4-13-9)16-11(19)14-5-8-3-12-6-15-8/h1-4,6H,5H2,(H,12,15)(H,17,18)(H2,14,16,19). The van der Waals surface area contributed by atoms with Crippen LogP contribution in [0.1, 0.15) is 16.2 Å². The predicted octanol–water partition coefficient (Wildman–Crippen LogP) is 0.825. The van der Waals surface area contributed by atoms with Crippen molar-refractivity contribution in [3.8, 4) is 0 Å². The maximum Gasteiger partial charge on any atom is 0.354 e. The Morgan fingerprint density at radius 2 is 2.16 bits per heavy atom. The second kappa shape index (κ2) is 5.63. The summed E-state index contributed by atoms with van der Waals surface area (Å²) >= 11 is 0. The van der Waals surface area contributed by atoms with E-state index in [2.05, 4.69) is 25.6 Å². The highest BCUT2D eigenvalue weighted by Crippen LogP contribution is 2.05. The number of imidazole rings is 1. The van der Waals surface area contributed by atoms with E-state index in [1.807, 2.05) is 0 Å². The quantitative estimate of drug-likeness (QED) is 0.649. The number of pyridine rings is 1. The molecule has 2 aromatic rings. The van der Waals surface area contributed by atoms with E-state index in [9.17, 15) is 9.59 Å². The van der Waals surface area contributed by atoms with Crippen molar-refractivity contribution < 1.29 is 14.7 Å². The van der Waals surface area contributed by atoms with Crippen LogP contribution in [0.5, 0.6) is 0 Å². The monoisotopic (exact) mass is 261 g/mol. The topological polar surface area (TPSA) is 120 Å². The van der Waals surface area contributed by atoms with Crippen LogP contribution in [0.4, 0.5) is 10.5 Å². The molecule has 0 aromatic carbocycles. The Kier molecular flexibility index (Phi) is 3.72. The number of carbonyl (C=O) groups is 2. The summed E-state index contributed by atoms with van der Waals surface area (Å²) < 4.78 is 0. The van der Waals surface area contributed by atoms with Gasteiger partial charge in [0.05, 0.1) is 30.5 Å². The molecule has 19 heavy (non-hydrogen) atoms. The van der Waals surface area contributed by atoms with Crippen molar-refractivity contribution in [3.63, 3.8) is 0 Å². The third-order valence-electron chi connectivity index (χ3n) is 2.23. The minimum Gasteiger partial charge on any atom is -0.477 e. The Bertz CT molecular complexity index is 565. The van der Waals surface area contributed by atoms with Gasteiger partial charge in [-0.25, -0.2) is 19.6 Å². The van der Waals surface area contributed by atoms with E-state index in [1.165, 1.54) is 24.7 Å². The molecule has 2 rings (SSSR count). The number of aromatic nitrogens is 3. The van der Waals surface area contributed by atoms with Gasteiger partial charge >= 0.3 is 12.0 Å². The summed E-state index contributed by atoms with van der Waals surface area (Å²) in [4.78, 5) is 32.5. The van der Waals surface area contributed by atoms with E-state index < -0.39 is 12.0 Å². The van der Waals surface area contributed by atoms with Gasteiger partial charge in [0.2, 0.25) is 0 Å². The molecule has 2 heterocycles. The van der Waals surface area contributed by atoms with E-state index >= 15 is 0 Å². The lowest BCUT2D eigenvalue weighted by Crippen LogP contribution is -2.28. The number of hydrogen-bond acceptors (Lipinski definition) is 4. The molecule has 0 radical (unpaired) electrons. The van der Waals surface area contributed by atoms with Crippen LogP contribution in [0.25, 0.3) is 0 Å². The number of hydrogen-bond donors (Lipinski definition) is 4. The van der Waals surface area contributed by atoms with Crippen molar-refractivity contribution >= 4 is 17.7 Å². The zero-order valence-electron chi connectivity index (χ0n) is 9.75. The number of carboxylic acid groups (broad SMARTS) is 1. The van der Waals surface area contributed by atoms with Gasteiger partial charge in [-0.2, -0.15) is 0 Å². The Morgan fingerprint density at radius 1 is 1.32 bits per heavy atom. The fourth-order valence-electron chi connectivity index (χ4n) is 1.33. The highest BCUT2D eigenvalue weighted by Gasteiger charge is 2.06. The van der Waals surface area contributed by atoms with Crippen LogP contribution in [0.3, 0.4) is 0 Å². The first kappa shape index (κ1) is 12.6. The second-order valence-electron chi connectivity index (χ2n) is 3.62. The number of carbonyl (C=O) groups excluding carboxylic acids is 1. The molecular formula is C11H11N5O3. The summed E-state index contributed by atoms with van der Waals surface area (Å²) in [5.41, 5.74) is 1.10. The number of urea groups is 1. The van der Waals surface area contributed by atoms with Crippen LogP contribution in [-0.4, -0.2) is 32.1 Å². The zero-order chi connectivity index (χ0) is 13.7. The van der Waals surface area contributed by atoms with Gasteiger partial charge < -0.3 is 20.7 Å². The van der Waals surface area contributed by atoms with Crippen molar-refractivity contribution in [2.45, 2.75) is 6.54 Å². The third kappa shape index (κ3) is 3.53. The van der Waals surface area contributed by atoms with Gasteiger partial charge in [-0.15, -0.1) is 0 Å². The third-order valence-corrected chi connectivity index (χ3v) is 2.23. The fourth-order valence-corrected chi connectivity index (χ4v) is 1.33. The summed E-state index contributed by atoms with van der Waals surface area (Å²) in [6.45, 7) is 0.312. The summed E-state index contributed by atoms with van der Waals surface area (Å²) in [7, 11) is 0. The number of nitrogens with one attached hydrogen (secondary N) is 3. The molecule has 0 aliphatic rings. The average Bonchev–Trinajstić information content (AvgIpc) is 2.90. The van der Waals surface area contributed by atoms with Crippen molar-refractivity contribution in [2.75, 3.05) is 5.32 Å². The minimum atomic E-state index is -1.12. The number of anilines is 1. The number of carboxylic acids is 1. The molecule has 0 bridgehead atoms. The number of nitrogens with zero attached hydrogens (tertiary/aromatic N) is 2.